The van der Waals surface area contributed by atoms with Gasteiger partial charge in [0, 0.05) is 10.7 Å². The predicted molar refractivity (Wildman–Crippen MR) is 49.2 cm³/mol. The maximum Gasteiger partial charge on any atom is 0.262 e. The van der Waals surface area contributed by atoms with Crippen molar-refractivity contribution in [1.29, 1.82) is 0 Å². The van der Waals surface area contributed by atoms with Crippen LogP contribution in [0.2, 0.25) is 5.02 Å². The van der Waals surface area contributed by atoms with E-state index >= 15 is 0 Å². The molecule has 0 heterocycles. The van der Waals surface area contributed by atoms with Crippen LogP contribution in [0.3, 0.4) is 0 Å². The third kappa shape index (κ3) is 2.33. The number of rotatable bonds is 1. The largest absolute Gasteiger partial charge is 0.262 e. The van der Waals surface area contributed by atoms with E-state index in [1.165, 1.54) is 6.92 Å². The average Bonchev–Trinajstić information content (AvgIpc) is 1.94. The van der Waals surface area contributed by atoms with Crippen LogP contribution < -0.4 is 0 Å². The van der Waals surface area contributed by atoms with Gasteiger partial charge < -0.3 is 0 Å². The van der Waals surface area contributed by atoms with Gasteiger partial charge in [0.25, 0.3) is 9.05 Å². The van der Waals surface area contributed by atoms with E-state index in [1.807, 2.05) is 0 Å². The van der Waals surface area contributed by atoms with Crippen LogP contribution in [-0.2, 0) is 9.05 Å². The van der Waals surface area contributed by atoms with Gasteiger partial charge in [-0.2, -0.15) is 0 Å². The highest BCUT2D eigenvalue weighted by Crippen LogP contribution is 2.28. The van der Waals surface area contributed by atoms with Crippen molar-refractivity contribution < 1.29 is 12.8 Å². The molecule has 6 heteroatoms. The molecule has 0 saturated carbocycles. The standard InChI is InChI=1S/C7H5Cl2FO2S/c1-4-2-5(10)3-6(7(4)8)13(9,11)12/h2-3H,1H3. The van der Waals surface area contributed by atoms with E-state index in [2.05, 4.69) is 0 Å². The van der Waals surface area contributed by atoms with E-state index in [0.717, 1.165) is 12.1 Å². The van der Waals surface area contributed by atoms with E-state index in [0.29, 0.717) is 5.56 Å². The second-order valence-corrected chi connectivity index (χ2v) is 5.38. The predicted octanol–water partition coefficient (Wildman–Crippen LogP) is 2.72. The van der Waals surface area contributed by atoms with Crippen molar-refractivity contribution in [2.45, 2.75) is 11.8 Å². The van der Waals surface area contributed by atoms with Crippen molar-refractivity contribution in [3.05, 3.63) is 28.5 Å². The summed E-state index contributed by atoms with van der Waals surface area (Å²) in [5.74, 6) is -0.680. The molecule has 72 valence electrons. The van der Waals surface area contributed by atoms with Crippen LogP contribution >= 0.6 is 22.3 Å². The van der Waals surface area contributed by atoms with Crippen molar-refractivity contribution in [3.8, 4) is 0 Å². The Balaban J connectivity index is 3.56. The summed E-state index contributed by atoms with van der Waals surface area (Å²) in [5.41, 5.74) is 0.334. The van der Waals surface area contributed by atoms with Crippen LogP contribution in [0.25, 0.3) is 0 Å². The Bertz CT molecular complexity index is 442. The van der Waals surface area contributed by atoms with Crippen LogP contribution in [0.1, 0.15) is 5.56 Å². The highest BCUT2D eigenvalue weighted by atomic mass is 35.7. The molecule has 0 N–H and O–H groups in total. The highest BCUT2D eigenvalue weighted by Gasteiger charge is 2.17. The lowest BCUT2D eigenvalue weighted by Crippen LogP contribution is -1.95. The number of aryl methyl sites for hydroxylation is 1. The van der Waals surface area contributed by atoms with Gasteiger partial charge in [0.05, 0.1) is 5.02 Å². The highest BCUT2D eigenvalue weighted by molar-refractivity contribution is 8.13. The van der Waals surface area contributed by atoms with Crippen molar-refractivity contribution in [3.63, 3.8) is 0 Å². The van der Waals surface area contributed by atoms with E-state index in [9.17, 15) is 12.8 Å². The third-order valence-electron chi connectivity index (χ3n) is 1.45. The second kappa shape index (κ2) is 3.44. The fraction of sp³-hybridized carbons (Fsp3) is 0.143. The first-order valence-electron chi connectivity index (χ1n) is 3.22. The van der Waals surface area contributed by atoms with E-state index in [4.69, 9.17) is 22.3 Å². The van der Waals surface area contributed by atoms with Gasteiger partial charge in [0.1, 0.15) is 10.7 Å². The molecule has 0 bridgehead atoms. The van der Waals surface area contributed by atoms with Crippen molar-refractivity contribution >= 4 is 31.3 Å². The Labute approximate surface area is 84.7 Å². The lowest BCUT2D eigenvalue weighted by molar-refractivity contribution is 0.601. The smallest absolute Gasteiger partial charge is 0.207 e. The molecule has 0 aliphatic rings. The number of benzene rings is 1. The zero-order chi connectivity index (χ0) is 10.2. The molecule has 0 aromatic heterocycles. The molecular weight excluding hydrogens is 238 g/mol. The van der Waals surface area contributed by atoms with Gasteiger partial charge in [-0.05, 0) is 24.6 Å². The van der Waals surface area contributed by atoms with Gasteiger partial charge in [0.15, 0.2) is 0 Å². The van der Waals surface area contributed by atoms with Crippen LogP contribution in [0.5, 0.6) is 0 Å². The first kappa shape index (κ1) is 10.8. The van der Waals surface area contributed by atoms with Crippen LogP contribution in [0.4, 0.5) is 4.39 Å². The molecule has 0 unspecified atom stereocenters. The van der Waals surface area contributed by atoms with E-state index < -0.39 is 19.8 Å². The summed E-state index contributed by atoms with van der Waals surface area (Å²) in [4.78, 5) is -0.395. The number of hydrogen-bond donors (Lipinski definition) is 0. The number of hydrogen-bond acceptors (Lipinski definition) is 2. The van der Waals surface area contributed by atoms with Crippen LogP contribution in [0, 0.1) is 12.7 Å². The third-order valence-corrected chi connectivity index (χ3v) is 3.41. The molecule has 0 spiro atoms. The molecule has 1 aromatic rings. The summed E-state index contributed by atoms with van der Waals surface area (Å²) >= 11 is 5.62. The molecule has 0 radical (unpaired) electrons. The molecule has 1 aromatic carbocycles. The van der Waals surface area contributed by atoms with Gasteiger partial charge in [0.2, 0.25) is 0 Å². The molecule has 13 heavy (non-hydrogen) atoms. The van der Waals surface area contributed by atoms with Crippen molar-refractivity contribution in [2.24, 2.45) is 0 Å². The lowest BCUT2D eigenvalue weighted by atomic mass is 10.2. The zero-order valence-electron chi connectivity index (χ0n) is 6.51. The summed E-state index contributed by atoms with van der Waals surface area (Å²) in [6, 6.07) is 1.92. The number of halogens is 3. The normalized spacial score (nSPS) is 11.7. The van der Waals surface area contributed by atoms with Gasteiger partial charge in [-0.15, -0.1) is 0 Å². The average molecular weight is 243 g/mol. The molecular formula is C7H5Cl2FO2S. The zero-order valence-corrected chi connectivity index (χ0v) is 8.84. The summed E-state index contributed by atoms with van der Waals surface area (Å²) in [6.07, 6.45) is 0. The fourth-order valence-corrected chi connectivity index (χ4v) is 2.40. The summed E-state index contributed by atoms with van der Waals surface area (Å²) < 4.78 is 34.5. The Hall–Kier alpha value is -0.320. The van der Waals surface area contributed by atoms with Crippen LogP contribution in [-0.4, -0.2) is 8.42 Å². The first-order chi connectivity index (χ1) is 5.82. The lowest BCUT2D eigenvalue weighted by Gasteiger charge is -2.03. The molecule has 0 fully saturated rings. The quantitative estimate of drug-likeness (QED) is 0.710. The van der Waals surface area contributed by atoms with Crippen molar-refractivity contribution in [2.75, 3.05) is 0 Å². The minimum absolute atomic E-state index is 0.0450. The van der Waals surface area contributed by atoms with Gasteiger partial charge in [-0.3, -0.25) is 0 Å². The van der Waals surface area contributed by atoms with E-state index in [1.54, 1.807) is 0 Å². The Morgan fingerprint density at radius 2 is 1.92 bits per heavy atom. The Kier molecular flexibility index (Phi) is 2.85. The first-order valence-corrected chi connectivity index (χ1v) is 5.91. The van der Waals surface area contributed by atoms with Crippen LogP contribution in [0.15, 0.2) is 17.0 Å². The monoisotopic (exact) mass is 242 g/mol. The molecule has 1 rings (SSSR count). The molecule has 2 nitrogen and oxygen atoms in total. The van der Waals surface area contributed by atoms with Gasteiger partial charge in [-0.1, -0.05) is 11.6 Å². The molecule has 0 atom stereocenters. The molecule has 0 saturated heterocycles. The van der Waals surface area contributed by atoms with Crippen molar-refractivity contribution in [1.82, 2.24) is 0 Å². The maximum absolute atomic E-state index is 12.8. The summed E-state index contributed by atoms with van der Waals surface area (Å²) in [7, 11) is 1.05. The van der Waals surface area contributed by atoms with Gasteiger partial charge in [-0.25, -0.2) is 12.8 Å². The SMILES string of the molecule is Cc1cc(F)cc(S(=O)(=O)Cl)c1Cl. The Morgan fingerprint density at radius 1 is 1.38 bits per heavy atom. The molecule has 0 aliphatic heterocycles. The maximum atomic E-state index is 12.8. The molecule has 0 amide bonds. The minimum atomic E-state index is -3.98. The minimum Gasteiger partial charge on any atom is -0.207 e. The second-order valence-electron chi connectivity index (χ2n) is 2.47. The summed E-state index contributed by atoms with van der Waals surface area (Å²) in [6.45, 7) is 1.50. The summed E-state index contributed by atoms with van der Waals surface area (Å²) in [5, 5.41) is -0.0450. The van der Waals surface area contributed by atoms with E-state index in [-0.39, 0.29) is 5.02 Å². The Morgan fingerprint density at radius 3 is 2.38 bits per heavy atom. The van der Waals surface area contributed by atoms with Gasteiger partial charge >= 0.3 is 0 Å². The topological polar surface area (TPSA) is 34.1 Å². The fourth-order valence-electron chi connectivity index (χ4n) is 0.872. The molecule has 0 aliphatic carbocycles.